The first-order chi connectivity index (χ1) is 12.6. The Morgan fingerprint density at radius 1 is 1.00 bits per heavy atom. The minimum absolute atomic E-state index is 0.150. The molecule has 0 atom stereocenters. The molecule has 0 saturated heterocycles. The molecule has 1 aliphatic heterocycles. The van der Waals surface area contributed by atoms with Gasteiger partial charge in [-0.25, -0.2) is 0 Å². The predicted molar refractivity (Wildman–Crippen MR) is 141 cm³/mol. The third-order valence-electron chi connectivity index (χ3n) is 4.54. The molecule has 3 nitrogen and oxygen atoms in total. The lowest BCUT2D eigenvalue weighted by Crippen LogP contribution is -2.33. The van der Waals surface area contributed by atoms with Crippen molar-refractivity contribution in [3.05, 3.63) is 48.0 Å². The van der Waals surface area contributed by atoms with Crippen LogP contribution in [0.2, 0.25) is 0 Å². The van der Waals surface area contributed by atoms with Crippen LogP contribution in [-0.4, -0.2) is 9.86 Å². The molecule has 7 heteroatoms. The van der Waals surface area contributed by atoms with Crippen molar-refractivity contribution in [2.75, 3.05) is 12.0 Å². The van der Waals surface area contributed by atoms with Crippen LogP contribution < -0.4 is 12.0 Å². The van der Waals surface area contributed by atoms with Crippen molar-refractivity contribution in [3.63, 3.8) is 0 Å². The zero-order chi connectivity index (χ0) is 19.8. The molecule has 0 bridgehead atoms. The monoisotopic (exact) mass is 623 g/mol. The lowest BCUT2D eigenvalue weighted by molar-refractivity contribution is 0.408. The van der Waals surface area contributed by atoms with Crippen molar-refractivity contribution in [3.8, 4) is 0 Å². The van der Waals surface area contributed by atoms with Crippen LogP contribution in [0.3, 0.4) is 0 Å². The summed E-state index contributed by atoms with van der Waals surface area (Å²) < 4.78 is 2.28. The molecule has 0 unspecified atom stereocenters. The molecule has 3 rings (SSSR count). The molecular weight excluding hydrogens is 600 g/mol. The molecule has 0 amide bonds. The van der Waals surface area contributed by atoms with Gasteiger partial charge >= 0.3 is 0 Å². The molecule has 0 spiro atoms. The van der Waals surface area contributed by atoms with Crippen LogP contribution in [0.1, 0.15) is 39.7 Å². The second-order valence-corrected chi connectivity index (χ2v) is 13.9. The first-order valence-electron chi connectivity index (χ1n) is 8.69. The number of halogens is 2. The quantitative estimate of drug-likeness (QED) is 0.209. The highest BCUT2D eigenvalue weighted by Gasteiger charge is 2.38. The van der Waals surface area contributed by atoms with Crippen LogP contribution in [0.25, 0.3) is 0 Å². The number of rotatable bonds is 3. The summed E-state index contributed by atoms with van der Waals surface area (Å²) in [5.74, 6) is 0. The standard InChI is InChI=1S/C20H23I2N3S2/c1-19(2)12-20(3,4)27-17-10-7-14(11-16(17)19)24-18(26)23-13-5-8-15(9-6-13)25(21)22/h5-11H,12H2,1-4H3,(H2,23,24,26). The molecule has 27 heavy (non-hydrogen) atoms. The van der Waals surface area contributed by atoms with Crippen LogP contribution >= 0.6 is 69.7 Å². The number of hydrogen-bond acceptors (Lipinski definition) is 3. The zero-order valence-corrected chi connectivity index (χ0v) is 21.7. The van der Waals surface area contributed by atoms with Gasteiger partial charge in [0.05, 0.1) is 51.4 Å². The molecule has 0 saturated carbocycles. The van der Waals surface area contributed by atoms with E-state index in [1.165, 1.54) is 10.5 Å². The first-order valence-corrected chi connectivity index (χ1v) is 11.8. The van der Waals surface area contributed by atoms with Crippen LogP contribution in [-0.2, 0) is 5.41 Å². The summed E-state index contributed by atoms with van der Waals surface area (Å²) in [5, 5.41) is 7.20. The lowest BCUT2D eigenvalue weighted by Gasteiger charge is -2.41. The Hall–Kier alpha value is -0.260. The number of benzene rings is 2. The fraction of sp³-hybridized carbons (Fsp3) is 0.350. The molecule has 0 aliphatic carbocycles. The number of fused-ring (bicyclic) bond motifs is 1. The van der Waals surface area contributed by atoms with Gasteiger partial charge in [-0.1, -0.05) is 27.7 Å². The summed E-state index contributed by atoms with van der Waals surface area (Å²) in [6.07, 6.45) is 1.15. The Morgan fingerprint density at radius 3 is 2.22 bits per heavy atom. The number of nitrogens with one attached hydrogen (secondary N) is 2. The maximum atomic E-state index is 5.51. The highest BCUT2D eigenvalue weighted by Crippen LogP contribution is 2.51. The third kappa shape index (κ3) is 5.42. The van der Waals surface area contributed by atoms with E-state index in [-0.39, 0.29) is 10.2 Å². The Labute approximate surface area is 199 Å². The van der Waals surface area contributed by atoms with Gasteiger partial charge in [-0.2, -0.15) is 0 Å². The minimum atomic E-state index is 0.150. The van der Waals surface area contributed by atoms with Gasteiger partial charge in [0.15, 0.2) is 5.11 Å². The van der Waals surface area contributed by atoms with Gasteiger partial charge < -0.3 is 10.6 Å². The van der Waals surface area contributed by atoms with E-state index in [2.05, 4.69) is 114 Å². The van der Waals surface area contributed by atoms with E-state index >= 15 is 0 Å². The average molecular weight is 623 g/mol. The highest BCUT2D eigenvalue weighted by atomic mass is 127. The Bertz CT molecular complexity index is 849. The number of hydrogen-bond donors (Lipinski definition) is 2. The molecule has 2 aromatic rings. The number of nitrogens with zero attached hydrogens (tertiary/aromatic N) is 1. The largest absolute Gasteiger partial charge is 0.332 e. The van der Waals surface area contributed by atoms with E-state index in [0.29, 0.717) is 5.11 Å². The molecular formula is C20H23I2N3S2. The maximum Gasteiger partial charge on any atom is 0.175 e. The van der Waals surface area contributed by atoms with Gasteiger partial charge in [-0.3, -0.25) is 1.33 Å². The fourth-order valence-electron chi connectivity index (χ4n) is 3.67. The van der Waals surface area contributed by atoms with E-state index in [1.807, 2.05) is 25.2 Å². The van der Waals surface area contributed by atoms with Crippen molar-refractivity contribution < 1.29 is 0 Å². The smallest absolute Gasteiger partial charge is 0.175 e. The van der Waals surface area contributed by atoms with Crippen molar-refractivity contribution >= 4 is 91.9 Å². The van der Waals surface area contributed by atoms with E-state index < -0.39 is 0 Å². The zero-order valence-electron chi connectivity index (χ0n) is 15.8. The van der Waals surface area contributed by atoms with Gasteiger partial charge in [0.1, 0.15) is 0 Å². The normalized spacial score (nSPS) is 17.0. The first kappa shape index (κ1) is 21.4. The fourth-order valence-corrected chi connectivity index (χ4v) is 6.16. The molecule has 0 fully saturated rings. The van der Waals surface area contributed by atoms with Crippen LogP contribution in [0.4, 0.5) is 17.1 Å². The Balaban J connectivity index is 1.72. The van der Waals surface area contributed by atoms with Crippen molar-refractivity contribution in [1.82, 2.24) is 0 Å². The molecule has 144 valence electrons. The van der Waals surface area contributed by atoms with Crippen molar-refractivity contribution in [2.45, 2.75) is 49.2 Å². The highest BCUT2D eigenvalue weighted by molar-refractivity contribution is 14.2. The predicted octanol–water partition coefficient (Wildman–Crippen LogP) is 7.55. The van der Waals surface area contributed by atoms with Crippen molar-refractivity contribution in [1.29, 1.82) is 0 Å². The van der Waals surface area contributed by atoms with Crippen LogP contribution in [0.15, 0.2) is 47.4 Å². The summed E-state index contributed by atoms with van der Waals surface area (Å²) in [5.41, 5.74) is 4.69. The maximum absolute atomic E-state index is 5.51. The molecule has 0 radical (unpaired) electrons. The summed E-state index contributed by atoms with van der Waals surface area (Å²) in [4.78, 5) is 1.37. The second-order valence-electron chi connectivity index (χ2n) is 7.99. The second kappa shape index (κ2) is 8.23. The third-order valence-corrected chi connectivity index (χ3v) is 7.13. The van der Waals surface area contributed by atoms with Gasteiger partial charge in [-0.15, -0.1) is 11.8 Å². The van der Waals surface area contributed by atoms with Gasteiger partial charge in [-0.05, 0) is 72.1 Å². The SMILES string of the molecule is CC1(C)CC(C)(C)c2cc(NC(=S)Nc3ccc(N(I)I)cc3)ccc2S1. The molecule has 1 aliphatic rings. The van der Waals surface area contributed by atoms with Gasteiger partial charge in [0.2, 0.25) is 0 Å². The van der Waals surface area contributed by atoms with E-state index in [4.69, 9.17) is 12.2 Å². The summed E-state index contributed by atoms with van der Waals surface area (Å²) >= 11 is 12.0. The van der Waals surface area contributed by atoms with E-state index in [0.717, 1.165) is 23.5 Å². The number of thioether (sulfide) groups is 1. The summed E-state index contributed by atoms with van der Waals surface area (Å²) in [6, 6.07) is 14.8. The van der Waals surface area contributed by atoms with E-state index in [1.54, 1.807) is 0 Å². The summed E-state index contributed by atoms with van der Waals surface area (Å²) in [7, 11) is 0. The average Bonchev–Trinajstić information content (AvgIpc) is 2.54. The molecule has 1 heterocycles. The number of anilines is 3. The number of thiocarbonyl (C=S) groups is 1. The Kier molecular flexibility index (Phi) is 6.54. The minimum Gasteiger partial charge on any atom is -0.332 e. The topological polar surface area (TPSA) is 27.3 Å². The van der Waals surface area contributed by atoms with Crippen LogP contribution in [0.5, 0.6) is 0 Å². The Morgan fingerprint density at radius 2 is 1.59 bits per heavy atom. The van der Waals surface area contributed by atoms with Gasteiger partial charge in [0.25, 0.3) is 0 Å². The van der Waals surface area contributed by atoms with Gasteiger partial charge in [0, 0.05) is 21.0 Å². The van der Waals surface area contributed by atoms with Crippen LogP contribution in [0, 0.1) is 0 Å². The lowest BCUT2D eigenvalue weighted by atomic mass is 9.77. The van der Waals surface area contributed by atoms with Crippen molar-refractivity contribution in [2.24, 2.45) is 0 Å². The molecule has 0 aromatic heterocycles. The molecule has 2 aromatic carbocycles. The molecule has 2 N–H and O–H groups in total. The summed E-state index contributed by atoms with van der Waals surface area (Å²) in [6.45, 7) is 9.32. The van der Waals surface area contributed by atoms with E-state index in [9.17, 15) is 0 Å².